The Bertz CT molecular complexity index is 1580. The van der Waals surface area contributed by atoms with Crippen molar-refractivity contribution in [1.82, 2.24) is 15.1 Å². The summed E-state index contributed by atoms with van der Waals surface area (Å²) in [5.41, 5.74) is 1.16. The van der Waals surface area contributed by atoms with Crippen molar-refractivity contribution in [3.05, 3.63) is 59.2 Å². The van der Waals surface area contributed by atoms with E-state index in [1.807, 2.05) is 36.7 Å². The zero-order valence-electron chi connectivity index (χ0n) is 27.5. The number of hydrogen-bond donors (Lipinski definition) is 3. The molecule has 2 heterocycles. The number of nitrogens with zero attached hydrogens (tertiary/aromatic N) is 2. The van der Waals surface area contributed by atoms with E-state index in [9.17, 15) is 19.2 Å². The minimum Gasteiger partial charge on any atom is -0.344 e. The molecule has 1 saturated carbocycles. The van der Waals surface area contributed by atoms with E-state index < -0.39 is 29.6 Å². The van der Waals surface area contributed by atoms with Crippen molar-refractivity contribution in [2.24, 2.45) is 11.8 Å². The van der Waals surface area contributed by atoms with E-state index in [2.05, 4.69) is 20.9 Å². The minimum absolute atomic E-state index is 0.0297. The SMILES string of the molecule is CCC(=O)N[C@@H](C(=O)N1CCN(C)CC1)[C@@H](C)c1ccc(NC(=O)[C@@H](C(=O)Nc2csc3ccccc23)C2CCCCCC2)c(F)c1. The number of halogens is 1. The van der Waals surface area contributed by atoms with Gasteiger partial charge in [-0.2, -0.15) is 0 Å². The quantitative estimate of drug-likeness (QED) is 0.183. The molecule has 3 aromatic rings. The number of fused-ring (bicyclic) bond motifs is 1. The van der Waals surface area contributed by atoms with Gasteiger partial charge in [0.25, 0.3) is 0 Å². The smallest absolute Gasteiger partial charge is 0.245 e. The van der Waals surface area contributed by atoms with Crippen LogP contribution >= 0.6 is 11.3 Å². The van der Waals surface area contributed by atoms with E-state index >= 15 is 4.39 Å². The zero-order chi connectivity index (χ0) is 33.5. The molecule has 1 aliphatic heterocycles. The Morgan fingerprint density at radius 2 is 1.57 bits per heavy atom. The molecule has 4 amide bonds. The highest BCUT2D eigenvalue weighted by Crippen LogP contribution is 2.34. The number of hydrogen-bond acceptors (Lipinski definition) is 6. The first-order valence-electron chi connectivity index (χ1n) is 16.8. The van der Waals surface area contributed by atoms with Gasteiger partial charge in [0, 0.05) is 54.0 Å². The third kappa shape index (κ3) is 8.37. The maximum Gasteiger partial charge on any atom is 0.245 e. The van der Waals surface area contributed by atoms with Gasteiger partial charge in [0.2, 0.25) is 23.6 Å². The summed E-state index contributed by atoms with van der Waals surface area (Å²) in [5.74, 6) is -3.71. The van der Waals surface area contributed by atoms with Gasteiger partial charge >= 0.3 is 0 Å². The highest BCUT2D eigenvalue weighted by atomic mass is 32.1. The van der Waals surface area contributed by atoms with E-state index in [-0.39, 0.29) is 35.7 Å². The number of carbonyl (C=O) groups is 4. The molecule has 1 saturated heterocycles. The summed E-state index contributed by atoms with van der Waals surface area (Å²) in [5, 5.41) is 11.4. The predicted molar refractivity (Wildman–Crippen MR) is 185 cm³/mol. The summed E-state index contributed by atoms with van der Waals surface area (Å²) in [7, 11) is 2.00. The second-order valence-corrected chi connectivity index (χ2v) is 13.8. The number of amides is 4. The molecule has 2 aliphatic rings. The third-order valence-corrected chi connectivity index (χ3v) is 10.6. The average Bonchev–Trinajstić information content (AvgIpc) is 3.28. The van der Waals surface area contributed by atoms with E-state index in [1.54, 1.807) is 24.8 Å². The molecule has 1 aromatic heterocycles. The van der Waals surface area contributed by atoms with Gasteiger partial charge in [-0.3, -0.25) is 19.2 Å². The van der Waals surface area contributed by atoms with E-state index in [0.717, 1.165) is 61.7 Å². The van der Waals surface area contributed by atoms with Crippen molar-refractivity contribution in [3.63, 3.8) is 0 Å². The second-order valence-electron chi connectivity index (χ2n) is 12.9. The maximum atomic E-state index is 15.7. The number of benzene rings is 2. The molecule has 0 radical (unpaired) electrons. The van der Waals surface area contributed by atoms with Gasteiger partial charge < -0.3 is 25.8 Å². The molecular weight excluding hydrogens is 617 g/mol. The highest BCUT2D eigenvalue weighted by Gasteiger charge is 2.36. The van der Waals surface area contributed by atoms with E-state index in [1.165, 1.54) is 23.5 Å². The molecule has 3 N–H and O–H groups in total. The van der Waals surface area contributed by atoms with Crippen molar-refractivity contribution in [1.29, 1.82) is 0 Å². The summed E-state index contributed by atoms with van der Waals surface area (Å²) >= 11 is 1.53. The Hall–Kier alpha value is -3.83. The number of anilines is 2. The summed E-state index contributed by atoms with van der Waals surface area (Å²) in [6.07, 6.45) is 5.72. The molecule has 9 nitrogen and oxygen atoms in total. The fourth-order valence-corrected chi connectivity index (χ4v) is 7.59. The lowest BCUT2D eigenvalue weighted by Gasteiger charge is -2.36. The van der Waals surface area contributed by atoms with Gasteiger partial charge in [-0.1, -0.05) is 63.8 Å². The molecule has 252 valence electrons. The van der Waals surface area contributed by atoms with Gasteiger partial charge in [0.05, 0.1) is 11.4 Å². The van der Waals surface area contributed by atoms with Crippen LogP contribution in [0.25, 0.3) is 10.1 Å². The number of carbonyl (C=O) groups excluding carboxylic acids is 4. The van der Waals surface area contributed by atoms with Crippen LogP contribution in [0.1, 0.15) is 70.3 Å². The molecule has 5 rings (SSSR count). The number of thiophene rings is 1. The number of piperazine rings is 1. The number of rotatable bonds is 10. The highest BCUT2D eigenvalue weighted by molar-refractivity contribution is 7.17. The molecule has 2 fully saturated rings. The lowest BCUT2D eigenvalue weighted by molar-refractivity contribution is -0.138. The fraction of sp³-hybridized carbons (Fsp3) is 0.500. The molecular formula is C36H46FN5O4S. The molecule has 11 heteroatoms. The Morgan fingerprint density at radius 3 is 2.23 bits per heavy atom. The zero-order valence-corrected chi connectivity index (χ0v) is 28.3. The van der Waals surface area contributed by atoms with Crippen molar-refractivity contribution in [2.45, 2.75) is 70.8 Å². The van der Waals surface area contributed by atoms with Gasteiger partial charge in [-0.05, 0) is 49.6 Å². The molecule has 1 aliphatic carbocycles. The first kappa shape index (κ1) is 34.5. The van der Waals surface area contributed by atoms with E-state index in [4.69, 9.17) is 0 Å². The summed E-state index contributed by atoms with van der Waals surface area (Å²) < 4.78 is 16.7. The number of likely N-dealkylation sites (N-methyl/N-ethyl adjacent to an activating group) is 1. The first-order chi connectivity index (χ1) is 22.7. The minimum atomic E-state index is -0.986. The topological polar surface area (TPSA) is 111 Å². The molecule has 3 atom stereocenters. The summed E-state index contributed by atoms with van der Waals surface area (Å²) in [4.78, 5) is 57.5. The van der Waals surface area contributed by atoms with Crippen LogP contribution < -0.4 is 16.0 Å². The van der Waals surface area contributed by atoms with Gasteiger partial charge in [-0.15, -0.1) is 11.3 Å². The molecule has 47 heavy (non-hydrogen) atoms. The van der Waals surface area contributed by atoms with Crippen LogP contribution in [0, 0.1) is 17.7 Å². The van der Waals surface area contributed by atoms with Gasteiger partial charge in [0.1, 0.15) is 17.8 Å². The predicted octanol–water partition coefficient (Wildman–Crippen LogP) is 5.98. The molecule has 0 unspecified atom stereocenters. The average molecular weight is 664 g/mol. The Balaban J connectivity index is 1.34. The van der Waals surface area contributed by atoms with Crippen LogP contribution in [0.2, 0.25) is 0 Å². The third-order valence-electron chi connectivity index (χ3n) is 9.67. The fourth-order valence-electron chi connectivity index (χ4n) is 6.70. The monoisotopic (exact) mass is 663 g/mol. The second kappa shape index (κ2) is 15.8. The number of nitrogens with one attached hydrogen (secondary N) is 3. The van der Waals surface area contributed by atoms with Crippen LogP contribution in [-0.4, -0.2) is 72.7 Å². The summed E-state index contributed by atoms with van der Waals surface area (Å²) in [6, 6.07) is 11.4. The lowest BCUT2D eigenvalue weighted by Crippen LogP contribution is -2.55. The first-order valence-corrected chi connectivity index (χ1v) is 17.7. The lowest BCUT2D eigenvalue weighted by atomic mass is 9.84. The molecule has 0 spiro atoms. The van der Waals surface area contributed by atoms with Crippen molar-refractivity contribution >= 4 is 56.4 Å². The van der Waals surface area contributed by atoms with Crippen LogP contribution in [0.3, 0.4) is 0 Å². The molecule has 2 aromatic carbocycles. The van der Waals surface area contributed by atoms with Crippen LogP contribution in [-0.2, 0) is 19.2 Å². The van der Waals surface area contributed by atoms with Gasteiger partial charge in [-0.25, -0.2) is 4.39 Å². The standard InChI is InChI=1S/C36H46FN5O4S/c1-4-31(43)40-33(36(46)42-19-17-41(3)18-20-42)23(2)25-15-16-28(27(37)21-25)38-34(44)32(24-11-7-5-6-8-12-24)35(45)39-29-22-47-30-14-10-9-13-26(29)30/h9-10,13-16,21-24,32-33H,4-8,11-12,17-20H2,1-3H3,(H,38,44)(H,39,45)(H,40,43)/t23-,32-,33+/m0/s1. The van der Waals surface area contributed by atoms with E-state index in [0.29, 0.717) is 24.3 Å². The largest absolute Gasteiger partial charge is 0.344 e. The van der Waals surface area contributed by atoms with Crippen LogP contribution in [0.5, 0.6) is 0 Å². The Kier molecular flexibility index (Phi) is 11.6. The maximum absolute atomic E-state index is 15.7. The normalized spacial score (nSPS) is 18.2. The van der Waals surface area contributed by atoms with Crippen molar-refractivity contribution < 1.29 is 23.6 Å². The Labute approximate surface area is 280 Å². The van der Waals surface area contributed by atoms with Gasteiger partial charge in [0.15, 0.2) is 0 Å². The van der Waals surface area contributed by atoms with Crippen LogP contribution in [0.4, 0.5) is 15.8 Å². The van der Waals surface area contributed by atoms with Crippen molar-refractivity contribution in [2.75, 3.05) is 43.9 Å². The molecule has 0 bridgehead atoms. The Morgan fingerprint density at radius 1 is 0.915 bits per heavy atom. The van der Waals surface area contributed by atoms with Crippen LogP contribution in [0.15, 0.2) is 47.8 Å². The summed E-state index contributed by atoms with van der Waals surface area (Å²) in [6.45, 7) is 6.10. The van der Waals surface area contributed by atoms with Crippen molar-refractivity contribution in [3.8, 4) is 0 Å².